The molecule has 2 N–H and O–H groups in total. The number of hydrogen-bond acceptors (Lipinski definition) is 8. The van der Waals surface area contributed by atoms with Crippen LogP contribution < -0.4 is 15.0 Å². The number of anilines is 1. The topological polar surface area (TPSA) is 83.0 Å². The van der Waals surface area contributed by atoms with Crippen molar-refractivity contribution in [3.05, 3.63) is 53.6 Å². The van der Waals surface area contributed by atoms with Crippen LogP contribution in [0, 0.1) is 22.5 Å². The van der Waals surface area contributed by atoms with Crippen molar-refractivity contribution in [1.29, 1.82) is 0 Å². The number of nitrogens with one attached hydrogen (secondary N) is 1. The summed E-state index contributed by atoms with van der Waals surface area (Å²) in [4.78, 5) is 14.6. The summed E-state index contributed by atoms with van der Waals surface area (Å²) in [6.07, 6.45) is 8.38. The SMILES string of the molecule is CCc1c(F)ccc2cc(O)cc(-c3ccc4c(N5CC6CCC(C5)N6)nc(OCC5(CN6CCC7(CCOCC7)C6)CC5)nc4c3F)c12. The number of phenols is 1. The zero-order valence-electron chi connectivity index (χ0n) is 28.2. The fraction of sp³-hybridized carbons (Fsp3) is 0.538. The fourth-order valence-corrected chi connectivity index (χ4v) is 9.26. The lowest BCUT2D eigenvalue weighted by Crippen LogP contribution is -2.51. The van der Waals surface area contributed by atoms with Crippen LogP contribution in [0.25, 0.3) is 32.8 Å². The number of aromatic nitrogens is 2. The molecule has 9 rings (SSSR count). The van der Waals surface area contributed by atoms with Gasteiger partial charge in [-0.3, -0.25) is 0 Å². The standard InChI is InChI=1S/C39H45F2N5O3/c1-2-28-32(40)8-3-24-17-27(47)18-31(33(24)28)29-6-7-30-35(34(29)41)43-37(44-36(30)46-19-25-4-5-26(20-46)42-25)49-23-39(9-10-39)22-45-14-11-38(21-45)12-15-48-16-13-38/h3,6-8,17-18,25-26,42,47H,2,4-5,9-16,19-23H2,1H3. The molecule has 258 valence electrons. The Morgan fingerprint density at radius 1 is 0.980 bits per heavy atom. The molecule has 4 aromatic rings. The Morgan fingerprint density at radius 2 is 1.78 bits per heavy atom. The Kier molecular flexibility index (Phi) is 7.70. The number of hydrogen-bond donors (Lipinski definition) is 2. The van der Waals surface area contributed by atoms with Crippen molar-refractivity contribution < 1.29 is 23.4 Å². The maximum Gasteiger partial charge on any atom is 0.319 e. The van der Waals surface area contributed by atoms with Crippen molar-refractivity contribution in [2.24, 2.45) is 10.8 Å². The maximum atomic E-state index is 17.0. The molecule has 5 fully saturated rings. The number of halogens is 2. The van der Waals surface area contributed by atoms with E-state index >= 15 is 8.78 Å². The Hall–Kier alpha value is -3.60. The van der Waals surface area contributed by atoms with Gasteiger partial charge in [0.1, 0.15) is 22.9 Å². The molecule has 5 heterocycles. The number of nitrogens with zero attached hydrogens (tertiary/aromatic N) is 4. The van der Waals surface area contributed by atoms with E-state index in [9.17, 15) is 5.11 Å². The van der Waals surface area contributed by atoms with Gasteiger partial charge in [-0.2, -0.15) is 9.97 Å². The highest BCUT2D eigenvalue weighted by Crippen LogP contribution is 2.49. The number of piperazine rings is 1. The van der Waals surface area contributed by atoms with Crippen LogP contribution in [0.3, 0.4) is 0 Å². The predicted octanol–water partition coefficient (Wildman–Crippen LogP) is 6.60. The first-order valence-corrected chi connectivity index (χ1v) is 18.2. The number of likely N-dealkylation sites (tertiary alicyclic amines) is 1. The lowest BCUT2D eigenvalue weighted by molar-refractivity contribution is 0.0179. The molecule has 1 aliphatic carbocycles. The van der Waals surface area contributed by atoms with Crippen LogP contribution in [0.1, 0.15) is 57.4 Å². The quantitative estimate of drug-likeness (QED) is 0.217. The molecule has 49 heavy (non-hydrogen) atoms. The van der Waals surface area contributed by atoms with Crippen molar-refractivity contribution in [3.8, 4) is 22.9 Å². The van der Waals surface area contributed by atoms with Gasteiger partial charge >= 0.3 is 6.01 Å². The number of rotatable bonds is 8. The van der Waals surface area contributed by atoms with Crippen LogP contribution in [0.5, 0.6) is 11.8 Å². The molecule has 1 aromatic heterocycles. The highest BCUT2D eigenvalue weighted by atomic mass is 19.1. The Bertz CT molecular complexity index is 1910. The van der Waals surface area contributed by atoms with E-state index in [2.05, 4.69) is 15.1 Å². The first-order chi connectivity index (χ1) is 23.8. The first-order valence-electron chi connectivity index (χ1n) is 18.2. The van der Waals surface area contributed by atoms with Crippen LogP contribution in [-0.4, -0.2) is 84.6 Å². The average Bonchev–Trinajstić information content (AvgIpc) is 3.65. The number of ether oxygens (including phenoxy) is 2. The molecule has 4 aliphatic heterocycles. The molecule has 4 saturated heterocycles. The van der Waals surface area contributed by atoms with Gasteiger partial charge in [-0.1, -0.05) is 19.1 Å². The molecule has 0 amide bonds. The summed E-state index contributed by atoms with van der Waals surface area (Å²) in [5.41, 5.74) is 1.84. The van der Waals surface area contributed by atoms with Gasteiger partial charge < -0.3 is 29.7 Å². The van der Waals surface area contributed by atoms with Gasteiger partial charge in [-0.15, -0.1) is 0 Å². The summed E-state index contributed by atoms with van der Waals surface area (Å²) in [7, 11) is 0. The summed E-state index contributed by atoms with van der Waals surface area (Å²) < 4.78 is 44.2. The van der Waals surface area contributed by atoms with Crippen molar-refractivity contribution >= 4 is 27.5 Å². The Balaban J connectivity index is 1.07. The van der Waals surface area contributed by atoms with Crippen LogP contribution >= 0.6 is 0 Å². The number of benzene rings is 3. The van der Waals surface area contributed by atoms with Crippen molar-refractivity contribution in [2.45, 2.75) is 70.4 Å². The van der Waals surface area contributed by atoms with Gasteiger partial charge in [0.05, 0.1) is 6.61 Å². The largest absolute Gasteiger partial charge is 0.508 e. The highest BCUT2D eigenvalue weighted by Gasteiger charge is 2.48. The molecule has 3 aromatic carbocycles. The normalized spacial score (nSPS) is 24.3. The molecule has 10 heteroatoms. The van der Waals surface area contributed by atoms with Gasteiger partial charge in [0.2, 0.25) is 0 Å². The van der Waals surface area contributed by atoms with E-state index in [0.717, 1.165) is 84.5 Å². The maximum absolute atomic E-state index is 17.0. The number of fused-ring (bicyclic) bond motifs is 4. The van der Waals surface area contributed by atoms with E-state index in [1.807, 2.05) is 13.0 Å². The van der Waals surface area contributed by atoms with Crippen LogP contribution in [-0.2, 0) is 11.2 Å². The monoisotopic (exact) mass is 669 g/mol. The minimum Gasteiger partial charge on any atom is -0.508 e. The minimum atomic E-state index is -0.526. The molecule has 2 atom stereocenters. The van der Waals surface area contributed by atoms with Gasteiger partial charge in [-0.25, -0.2) is 8.78 Å². The molecule has 5 aliphatic rings. The Labute approximate surface area is 285 Å². The minimum absolute atomic E-state index is 0.00479. The van der Waals surface area contributed by atoms with Crippen LogP contribution in [0.15, 0.2) is 36.4 Å². The molecule has 1 saturated carbocycles. The van der Waals surface area contributed by atoms with Gasteiger partial charge in [0, 0.05) is 67.8 Å². The Morgan fingerprint density at radius 3 is 2.53 bits per heavy atom. The van der Waals surface area contributed by atoms with E-state index in [1.54, 1.807) is 18.2 Å². The zero-order chi connectivity index (χ0) is 33.3. The molecule has 0 radical (unpaired) electrons. The molecule has 2 unspecified atom stereocenters. The van der Waals surface area contributed by atoms with Gasteiger partial charge in [0.25, 0.3) is 0 Å². The van der Waals surface area contributed by atoms with E-state index < -0.39 is 5.82 Å². The summed E-state index contributed by atoms with van der Waals surface area (Å²) in [5, 5.41) is 16.2. The molecule has 2 bridgehead atoms. The molecular weight excluding hydrogens is 624 g/mol. The summed E-state index contributed by atoms with van der Waals surface area (Å²) in [6.45, 7) is 8.93. The van der Waals surface area contributed by atoms with Crippen molar-refractivity contribution in [1.82, 2.24) is 20.2 Å². The van der Waals surface area contributed by atoms with E-state index in [-0.39, 0.29) is 34.1 Å². The second-order valence-electron chi connectivity index (χ2n) is 15.5. The van der Waals surface area contributed by atoms with Crippen molar-refractivity contribution in [3.63, 3.8) is 0 Å². The number of aromatic hydroxyl groups is 1. The average molecular weight is 670 g/mol. The third-order valence-corrected chi connectivity index (χ3v) is 12.2. The van der Waals surface area contributed by atoms with E-state index in [1.165, 1.54) is 18.6 Å². The lowest BCUT2D eigenvalue weighted by Gasteiger charge is -2.34. The fourth-order valence-electron chi connectivity index (χ4n) is 9.26. The molecule has 8 nitrogen and oxygen atoms in total. The van der Waals surface area contributed by atoms with Gasteiger partial charge in [-0.05, 0) is 109 Å². The smallest absolute Gasteiger partial charge is 0.319 e. The molecule has 1 spiro atoms. The van der Waals surface area contributed by atoms with Gasteiger partial charge in [0.15, 0.2) is 5.82 Å². The zero-order valence-corrected chi connectivity index (χ0v) is 28.2. The number of aryl methyl sites for hydroxylation is 1. The first kappa shape index (κ1) is 31.4. The third kappa shape index (κ3) is 5.69. The summed E-state index contributed by atoms with van der Waals surface area (Å²) in [5.74, 6) is -0.185. The predicted molar refractivity (Wildman–Crippen MR) is 186 cm³/mol. The summed E-state index contributed by atoms with van der Waals surface area (Å²) in [6, 6.07) is 10.7. The summed E-state index contributed by atoms with van der Waals surface area (Å²) >= 11 is 0. The molecular formula is C39H45F2N5O3. The lowest BCUT2D eigenvalue weighted by atomic mass is 9.80. The second-order valence-corrected chi connectivity index (χ2v) is 15.5. The van der Waals surface area contributed by atoms with Crippen molar-refractivity contribution in [2.75, 3.05) is 57.4 Å². The number of phenolic OH excluding ortho intramolecular Hbond substituents is 1. The van der Waals surface area contributed by atoms with E-state index in [4.69, 9.17) is 19.4 Å². The second kappa shape index (κ2) is 12.0. The highest BCUT2D eigenvalue weighted by molar-refractivity contribution is 6.03. The van der Waals surface area contributed by atoms with Crippen LogP contribution in [0.2, 0.25) is 0 Å². The third-order valence-electron chi connectivity index (χ3n) is 12.2. The van der Waals surface area contributed by atoms with E-state index in [0.29, 0.717) is 63.6 Å². The van der Waals surface area contributed by atoms with Crippen LogP contribution in [0.4, 0.5) is 14.6 Å².